The lowest BCUT2D eigenvalue weighted by atomic mass is 10.2. The first-order valence-electron chi connectivity index (χ1n) is 7.38. The fraction of sp³-hybridized carbons (Fsp3) is 0.353. The Morgan fingerprint density at radius 2 is 1.96 bits per heavy atom. The molecule has 1 aromatic heterocycles. The maximum atomic E-state index is 12.4. The first-order valence-corrected chi connectivity index (χ1v) is 8.33. The van der Waals surface area contributed by atoms with Gasteiger partial charge in [0.1, 0.15) is 5.75 Å². The first-order chi connectivity index (χ1) is 11.2. The minimum Gasteiger partial charge on any atom is -0.497 e. The number of hydrogen-bond acceptors (Lipinski definition) is 4. The molecule has 6 heteroatoms. The summed E-state index contributed by atoms with van der Waals surface area (Å²) in [6, 6.07) is 9.59. The Morgan fingerprint density at radius 1 is 1.17 bits per heavy atom. The highest BCUT2D eigenvalue weighted by Crippen LogP contribution is 2.12. The molecule has 23 heavy (non-hydrogen) atoms. The van der Waals surface area contributed by atoms with E-state index in [4.69, 9.17) is 9.47 Å². The zero-order chi connectivity index (χ0) is 16.5. The van der Waals surface area contributed by atoms with Crippen LogP contribution in [0.5, 0.6) is 5.75 Å². The number of thiophene rings is 1. The van der Waals surface area contributed by atoms with E-state index in [-0.39, 0.29) is 6.03 Å². The predicted molar refractivity (Wildman–Crippen MR) is 91.8 cm³/mol. The molecule has 1 N–H and O–H groups in total. The molecule has 1 aromatic carbocycles. The van der Waals surface area contributed by atoms with Crippen molar-refractivity contribution < 1.29 is 14.3 Å². The van der Waals surface area contributed by atoms with Crippen LogP contribution >= 0.6 is 11.3 Å². The number of rotatable bonds is 8. The zero-order valence-corrected chi connectivity index (χ0v) is 14.3. The third kappa shape index (κ3) is 5.58. The fourth-order valence-electron chi connectivity index (χ4n) is 2.09. The average molecular weight is 334 g/mol. The molecule has 0 aliphatic rings. The lowest BCUT2D eigenvalue weighted by molar-refractivity contribution is 0.146. The molecule has 0 atom stereocenters. The molecular formula is C17H22N2O3S. The van der Waals surface area contributed by atoms with Gasteiger partial charge in [0, 0.05) is 26.7 Å². The molecule has 0 saturated carbocycles. The summed E-state index contributed by atoms with van der Waals surface area (Å²) in [6.45, 7) is 2.14. The van der Waals surface area contributed by atoms with E-state index in [1.807, 2.05) is 35.7 Å². The highest BCUT2D eigenvalue weighted by Gasteiger charge is 2.13. The van der Waals surface area contributed by atoms with Crippen LogP contribution in [0, 0.1) is 0 Å². The lowest BCUT2D eigenvalue weighted by Crippen LogP contribution is -2.40. The monoisotopic (exact) mass is 334 g/mol. The van der Waals surface area contributed by atoms with Gasteiger partial charge in [-0.3, -0.25) is 0 Å². The molecule has 2 rings (SSSR count). The SMILES string of the molecule is COCCN(Cc1ccsc1)C(=O)NCc1ccc(OC)cc1. The molecule has 0 bridgehead atoms. The summed E-state index contributed by atoms with van der Waals surface area (Å²) in [7, 11) is 3.27. The molecule has 2 amide bonds. The maximum Gasteiger partial charge on any atom is 0.318 e. The number of carbonyl (C=O) groups excluding carboxylic acids is 1. The summed E-state index contributed by atoms with van der Waals surface area (Å²) in [6.07, 6.45) is 0. The van der Waals surface area contributed by atoms with Crippen molar-refractivity contribution in [2.24, 2.45) is 0 Å². The standard InChI is InChI=1S/C17H22N2O3S/c1-21-9-8-19(12-15-7-10-23-13-15)17(20)18-11-14-3-5-16(22-2)6-4-14/h3-7,10,13H,8-9,11-12H2,1-2H3,(H,18,20). The Hall–Kier alpha value is -2.05. The minimum absolute atomic E-state index is 0.0935. The van der Waals surface area contributed by atoms with Crippen LogP contribution in [-0.4, -0.2) is 38.3 Å². The smallest absolute Gasteiger partial charge is 0.318 e. The van der Waals surface area contributed by atoms with E-state index >= 15 is 0 Å². The van der Waals surface area contributed by atoms with E-state index < -0.39 is 0 Å². The average Bonchev–Trinajstić information content (AvgIpc) is 3.10. The zero-order valence-electron chi connectivity index (χ0n) is 13.5. The summed E-state index contributed by atoms with van der Waals surface area (Å²) in [5.41, 5.74) is 2.16. The molecule has 1 heterocycles. The lowest BCUT2D eigenvalue weighted by Gasteiger charge is -2.22. The summed E-state index contributed by atoms with van der Waals surface area (Å²) in [5.74, 6) is 0.805. The molecule has 0 saturated heterocycles. The number of ether oxygens (including phenoxy) is 2. The van der Waals surface area contributed by atoms with Crippen LogP contribution in [0.25, 0.3) is 0 Å². The van der Waals surface area contributed by atoms with Gasteiger partial charge in [-0.1, -0.05) is 12.1 Å². The van der Waals surface area contributed by atoms with Crippen molar-refractivity contribution in [3.8, 4) is 5.75 Å². The minimum atomic E-state index is -0.0935. The first kappa shape index (κ1) is 17.3. The number of benzene rings is 1. The number of urea groups is 1. The van der Waals surface area contributed by atoms with Gasteiger partial charge in [0.25, 0.3) is 0 Å². The van der Waals surface area contributed by atoms with Crippen molar-refractivity contribution in [1.82, 2.24) is 10.2 Å². The highest BCUT2D eigenvalue weighted by atomic mass is 32.1. The van der Waals surface area contributed by atoms with Gasteiger partial charge < -0.3 is 19.7 Å². The van der Waals surface area contributed by atoms with Gasteiger partial charge in [0.2, 0.25) is 0 Å². The molecule has 5 nitrogen and oxygen atoms in total. The predicted octanol–water partition coefficient (Wildman–Crippen LogP) is 3.11. The highest BCUT2D eigenvalue weighted by molar-refractivity contribution is 7.07. The normalized spacial score (nSPS) is 10.3. The molecule has 0 spiro atoms. The molecule has 0 aliphatic carbocycles. The van der Waals surface area contributed by atoms with Crippen molar-refractivity contribution in [3.05, 3.63) is 52.2 Å². The Bertz CT molecular complexity index is 584. The van der Waals surface area contributed by atoms with Crippen LogP contribution in [0.15, 0.2) is 41.1 Å². The Labute approximate surface area is 140 Å². The van der Waals surface area contributed by atoms with Gasteiger partial charge in [0.05, 0.1) is 13.7 Å². The molecule has 124 valence electrons. The second-order valence-corrected chi connectivity index (χ2v) is 5.83. The number of nitrogens with zero attached hydrogens (tertiary/aromatic N) is 1. The van der Waals surface area contributed by atoms with E-state index in [1.54, 1.807) is 30.5 Å². The molecule has 2 aromatic rings. The van der Waals surface area contributed by atoms with E-state index in [2.05, 4.69) is 10.7 Å². The van der Waals surface area contributed by atoms with Crippen LogP contribution in [0.4, 0.5) is 4.79 Å². The van der Waals surface area contributed by atoms with Crippen LogP contribution in [0.1, 0.15) is 11.1 Å². The van der Waals surface area contributed by atoms with Gasteiger partial charge in [-0.05, 0) is 40.1 Å². The molecule has 0 aliphatic heterocycles. The van der Waals surface area contributed by atoms with Crippen LogP contribution in [0.3, 0.4) is 0 Å². The molecule has 0 radical (unpaired) electrons. The number of methoxy groups -OCH3 is 2. The third-order valence-corrected chi connectivity index (χ3v) is 4.14. The Morgan fingerprint density at radius 3 is 2.57 bits per heavy atom. The fourth-order valence-corrected chi connectivity index (χ4v) is 2.75. The summed E-state index contributed by atoms with van der Waals surface area (Å²) in [4.78, 5) is 14.2. The van der Waals surface area contributed by atoms with E-state index in [0.29, 0.717) is 26.2 Å². The van der Waals surface area contributed by atoms with Gasteiger partial charge in [-0.25, -0.2) is 4.79 Å². The van der Waals surface area contributed by atoms with Gasteiger partial charge in [-0.2, -0.15) is 11.3 Å². The van der Waals surface area contributed by atoms with Crippen molar-refractivity contribution in [2.45, 2.75) is 13.1 Å². The quantitative estimate of drug-likeness (QED) is 0.807. The Kier molecular flexibility index (Phi) is 6.90. The van der Waals surface area contributed by atoms with Gasteiger partial charge in [-0.15, -0.1) is 0 Å². The second kappa shape index (κ2) is 9.17. The number of carbonyl (C=O) groups is 1. The van der Waals surface area contributed by atoms with Crippen LogP contribution in [-0.2, 0) is 17.8 Å². The van der Waals surface area contributed by atoms with E-state index in [0.717, 1.165) is 16.9 Å². The number of hydrogen-bond donors (Lipinski definition) is 1. The van der Waals surface area contributed by atoms with Crippen LogP contribution in [0.2, 0.25) is 0 Å². The summed E-state index contributed by atoms with van der Waals surface area (Å²) >= 11 is 1.63. The number of nitrogens with one attached hydrogen (secondary N) is 1. The van der Waals surface area contributed by atoms with Crippen molar-refractivity contribution in [1.29, 1.82) is 0 Å². The Balaban J connectivity index is 1.90. The van der Waals surface area contributed by atoms with Gasteiger partial charge in [0.15, 0.2) is 0 Å². The molecule has 0 fully saturated rings. The van der Waals surface area contributed by atoms with Crippen LogP contribution < -0.4 is 10.1 Å². The second-order valence-electron chi connectivity index (χ2n) is 5.05. The van der Waals surface area contributed by atoms with E-state index in [1.165, 1.54) is 0 Å². The van der Waals surface area contributed by atoms with E-state index in [9.17, 15) is 4.79 Å². The largest absolute Gasteiger partial charge is 0.497 e. The molecular weight excluding hydrogens is 312 g/mol. The van der Waals surface area contributed by atoms with Gasteiger partial charge >= 0.3 is 6.03 Å². The topological polar surface area (TPSA) is 50.8 Å². The van der Waals surface area contributed by atoms with Crippen molar-refractivity contribution in [2.75, 3.05) is 27.4 Å². The molecule has 0 unspecified atom stereocenters. The maximum absolute atomic E-state index is 12.4. The summed E-state index contributed by atoms with van der Waals surface area (Å²) < 4.78 is 10.2. The van der Waals surface area contributed by atoms with Crippen molar-refractivity contribution >= 4 is 17.4 Å². The van der Waals surface area contributed by atoms with Crippen molar-refractivity contribution in [3.63, 3.8) is 0 Å². The number of amides is 2. The third-order valence-electron chi connectivity index (χ3n) is 3.41. The summed E-state index contributed by atoms with van der Waals surface area (Å²) in [5, 5.41) is 7.02.